The summed E-state index contributed by atoms with van der Waals surface area (Å²) < 4.78 is 32.9. The molecule has 2 rings (SSSR count). The van der Waals surface area contributed by atoms with Gasteiger partial charge in [0.05, 0.1) is 11.2 Å². The van der Waals surface area contributed by atoms with Crippen LogP contribution in [-0.2, 0) is 14.8 Å². The first kappa shape index (κ1) is 20.8. The van der Waals surface area contributed by atoms with E-state index in [-0.39, 0.29) is 10.8 Å². The molecule has 0 saturated carbocycles. The average Bonchev–Trinajstić information content (AvgIpc) is 3.02. The largest absolute Gasteiger partial charge is 0.442 e. The van der Waals surface area contributed by atoms with Gasteiger partial charge in [-0.15, -0.1) is 15.6 Å². The minimum Gasteiger partial charge on any atom is -0.442 e. The lowest BCUT2D eigenvalue weighted by molar-refractivity contribution is 0.0394. The fourth-order valence-electron chi connectivity index (χ4n) is 2.31. The van der Waals surface area contributed by atoms with E-state index in [4.69, 9.17) is 4.74 Å². The van der Waals surface area contributed by atoms with Crippen molar-refractivity contribution in [2.24, 2.45) is 0 Å². The number of amides is 1. The Morgan fingerprint density at radius 3 is 2.62 bits per heavy atom. The minimum absolute atomic E-state index is 0.0188. The maximum atomic E-state index is 13.1. The fourth-order valence-corrected chi connectivity index (χ4v) is 4.37. The highest BCUT2D eigenvalue weighted by Crippen LogP contribution is 2.27. The van der Waals surface area contributed by atoms with Crippen LogP contribution in [0.3, 0.4) is 0 Å². The minimum atomic E-state index is -4.28. The van der Waals surface area contributed by atoms with Crippen molar-refractivity contribution < 1.29 is 17.9 Å². The second-order valence-corrected chi connectivity index (χ2v) is 9.52. The first-order valence-corrected chi connectivity index (χ1v) is 11.1. The van der Waals surface area contributed by atoms with Crippen LogP contribution in [0.15, 0.2) is 32.5 Å². The molecule has 10 heteroatoms. The van der Waals surface area contributed by atoms with Crippen LogP contribution in [0.2, 0.25) is 0 Å². The van der Waals surface area contributed by atoms with E-state index in [0.717, 1.165) is 6.42 Å². The van der Waals surface area contributed by atoms with Gasteiger partial charge in [0.1, 0.15) is 5.60 Å². The van der Waals surface area contributed by atoms with Crippen LogP contribution in [0.25, 0.3) is 0 Å². The molecule has 0 aliphatic heterocycles. The molecule has 0 aliphatic carbocycles. The molecule has 2 heterocycles. The Bertz CT molecular complexity index is 883. The van der Waals surface area contributed by atoms with E-state index in [1.54, 1.807) is 26.8 Å². The van der Waals surface area contributed by atoms with Gasteiger partial charge < -0.3 is 4.74 Å². The number of ether oxygens (including phenoxy) is 1. The van der Waals surface area contributed by atoms with E-state index in [1.807, 2.05) is 6.92 Å². The quantitative estimate of drug-likeness (QED) is 0.627. The smallest absolute Gasteiger partial charge is 0.430 e. The maximum Gasteiger partial charge on any atom is 0.430 e. The zero-order valence-corrected chi connectivity index (χ0v) is 18.1. The number of rotatable bonds is 6. The van der Waals surface area contributed by atoms with E-state index in [9.17, 15) is 13.2 Å². The van der Waals surface area contributed by atoms with Crippen molar-refractivity contribution in [2.45, 2.75) is 51.2 Å². The number of aromatic nitrogens is 2. The van der Waals surface area contributed by atoms with Gasteiger partial charge in [0.2, 0.25) is 0 Å². The second kappa shape index (κ2) is 8.01. The number of halogens is 1. The van der Waals surface area contributed by atoms with Crippen molar-refractivity contribution in [3.63, 3.8) is 0 Å². The number of hydrogen-bond donors (Lipinski definition) is 0. The standard InChI is InChI=1S/C16H20BrN3O4S2/c1-5-8-16(3,4)24-15(21)20(13-9-25-10-18-13)26(22,23)14-7-6-12(17)11(2)19-14/h6-7,9-10H,5,8H2,1-4H3. The number of hydrogen-bond acceptors (Lipinski definition) is 7. The van der Waals surface area contributed by atoms with Gasteiger partial charge in [0.25, 0.3) is 10.0 Å². The summed E-state index contributed by atoms with van der Waals surface area (Å²) in [6.07, 6.45) is 0.382. The van der Waals surface area contributed by atoms with Crippen LogP contribution in [0.5, 0.6) is 0 Å². The van der Waals surface area contributed by atoms with Gasteiger partial charge in [0, 0.05) is 9.85 Å². The number of aryl methyl sites for hydroxylation is 1. The molecule has 0 bridgehead atoms. The molecule has 0 radical (unpaired) electrons. The van der Waals surface area contributed by atoms with E-state index >= 15 is 0 Å². The highest BCUT2D eigenvalue weighted by atomic mass is 79.9. The van der Waals surface area contributed by atoms with Crippen LogP contribution in [0, 0.1) is 6.92 Å². The maximum absolute atomic E-state index is 13.1. The summed E-state index contributed by atoms with van der Waals surface area (Å²) in [4.78, 5) is 20.8. The van der Waals surface area contributed by atoms with Gasteiger partial charge in [-0.2, -0.15) is 8.42 Å². The van der Waals surface area contributed by atoms with Gasteiger partial charge in [-0.1, -0.05) is 13.3 Å². The SMILES string of the molecule is CCCC(C)(C)OC(=O)N(c1cscn1)S(=O)(=O)c1ccc(Br)c(C)n1. The number of thiazole rings is 1. The molecule has 1 amide bonds. The number of carbonyl (C=O) groups excluding carboxylic acids is 1. The molecule has 0 unspecified atom stereocenters. The summed E-state index contributed by atoms with van der Waals surface area (Å²) in [7, 11) is -4.28. The van der Waals surface area contributed by atoms with Crippen LogP contribution >= 0.6 is 27.3 Å². The van der Waals surface area contributed by atoms with E-state index in [1.165, 1.54) is 28.3 Å². The Morgan fingerprint density at radius 2 is 2.08 bits per heavy atom. The summed E-state index contributed by atoms with van der Waals surface area (Å²) in [5.41, 5.74) is 1.13. The summed E-state index contributed by atoms with van der Waals surface area (Å²) in [6.45, 7) is 7.10. The average molecular weight is 462 g/mol. The van der Waals surface area contributed by atoms with Crippen LogP contribution < -0.4 is 4.31 Å². The van der Waals surface area contributed by atoms with Gasteiger partial charge in [-0.25, -0.2) is 14.8 Å². The topological polar surface area (TPSA) is 89.5 Å². The van der Waals surface area contributed by atoms with Crippen molar-refractivity contribution in [3.8, 4) is 0 Å². The number of anilines is 1. The molecule has 142 valence electrons. The highest BCUT2D eigenvalue weighted by Gasteiger charge is 2.37. The summed E-state index contributed by atoms with van der Waals surface area (Å²) in [5.74, 6) is -0.0188. The first-order chi connectivity index (χ1) is 12.1. The molecular formula is C16H20BrN3O4S2. The Kier molecular flexibility index (Phi) is 6.41. The number of nitrogens with zero attached hydrogens (tertiary/aromatic N) is 3. The molecule has 2 aromatic heterocycles. The van der Waals surface area contributed by atoms with E-state index in [2.05, 4.69) is 25.9 Å². The number of sulfonamides is 1. The van der Waals surface area contributed by atoms with Gasteiger partial charge in [0.15, 0.2) is 10.8 Å². The zero-order chi connectivity index (χ0) is 19.5. The summed E-state index contributed by atoms with van der Waals surface area (Å²) in [5, 5.41) is 1.22. The molecule has 0 spiro atoms. The normalized spacial score (nSPS) is 12.0. The number of pyridine rings is 1. The van der Waals surface area contributed by atoms with Crippen LogP contribution in [0.1, 0.15) is 39.3 Å². The van der Waals surface area contributed by atoms with Crippen molar-refractivity contribution >= 4 is 49.2 Å². The van der Waals surface area contributed by atoms with Gasteiger partial charge in [-0.05, 0) is 55.3 Å². The second-order valence-electron chi connectivity index (χ2n) is 6.21. The monoisotopic (exact) mass is 461 g/mol. The number of carbonyl (C=O) groups is 1. The fraction of sp³-hybridized carbons (Fsp3) is 0.438. The third kappa shape index (κ3) is 4.60. The molecule has 0 aliphatic rings. The van der Waals surface area contributed by atoms with E-state index < -0.39 is 21.7 Å². The predicted molar refractivity (Wildman–Crippen MR) is 104 cm³/mol. The molecule has 0 aromatic carbocycles. The lowest BCUT2D eigenvalue weighted by atomic mass is 10.0. The predicted octanol–water partition coefficient (Wildman–Crippen LogP) is 4.52. The molecule has 26 heavy (non-hydrogen) atoms. The van der Waals surface area contributed by atoms with Gasteiger partial charge >= 0.3 is 6.09 Å². The van der Waals surface area contributed by atoms with E-state index in [0.29, 0.717) is 20.9 Å². The lowest BCUT2D eigenvalue weighted by Gasteiger charge is -2.28. The van der Waals surface area contributed by atoms with Crippen molar-refractivity contribution in [2.75, 3.05) is 4.31 Å². The molecule has 0 fully saturated rings. The Balaban J connectivity index is 2.48. The van der Waals surface area contributed by atoms with Gasteiger partial charge in [-0.3, -0.25) is 0 Å². The summed E-state index contributed by atoms with van der Waals surface area (Å²) >= 11 is 4.46. The van der Waals surface area contributed by atoms with Crippen molar-refractivity contribution in [1.29, 1.82) is 0 Å². The molecule has 7 nitrogen and oxygen atoms in total. The van der Waals surface area contributed by atoms with Crippen molar-refractivity contribution in [1.82, 2.24) is 9.97 Å². The molecule has 0 saturated heterocycles. The summed E-state index contributed by atoms with van der Waals surface area (Å²) in [6, 6.07) is 2.90. The third-order valence-electron chi connectivity index (χ3n) is 3.51. The Labute approximate surface area is 165 Å². The molecular weight excluding hydrogens is 442 g/mol. The van der Waals surface area contributed by atoms with Crippen LogP contribution in [-0.4, -0.2) is 30.1 Å². The molecule has 0 N–H and O–H groups in total. The van der Waals surface area contributed by atoms with Crippen molar-refractivity contribution in [3.05, 3.63) is 33.2 Å². The molecule has 2 aromatic rings. The third-order valence-corrected chi connectivity index (χ3v) is 6.49. The van der Waals surface area contributed by atoms with Crippen LogP contribution in [0.4, 0.5) is 10.6 Å². The first-order valence-electron chi connectivity index (χ1n) is 7.88. The Morgan fingerprint density at radius 1 is 1.38 bits per heavy atom. The Hall–Kier alpha value is -1.52. The highest BCUT2D eigenvalue weighted by molar-refractivity contribution is 9.10. The molecule has 0 atom stereocenters. The lowest BCUT2D eigenvalue weighted by Crippen LogP contribution is -2.42. The zero-order valence-electron chi connectivity index (χ0n) is 14.9.